The molecule has 0 atom stereocenters. The summed E-state index contributed by atoms with van der Waals surface area (Å²) in [6, 6.07) is 15.2. The summed E-state index contributed by atoms with van der Waals surface area (Å²) < 4.78 is 32.5. The van der Waals surface area contributed by atoms with Crippen molar-refractivity contribution >= 4 is 20.9 Å². The Morgan fingerprint density at radius 1 is 1.03 bits per heavy atom. The summed E-state index contributed by atoms with van der Waals surface area (Å²) in [5.41, 5.74) is 2.95. The van der Waals surface area contributed by atoms with Crippen molar-refractivity contribution in [3.63, 3.8) is 0 Å². The molecule has 0 aliphatic heterocycles. The van der Waals surface area contributed by atoms with Gasteiger partial charge in [-0.25, -0.2) is 13.1 Å². The molecule has 0 bridgehead atoms. The van der Waals surface area contributed by atoms with Crippen molar-refractivity contribution in [1.82, 2.24) is 9.71 Å². The molecule has 1 aromatic heterocycles. The van der Waals surface area contributed by atoms with E-state index < -0.39 is 10.0 Å². The van der Waals surface area contributed by atoms with Gasteiger partial charge in [-0.2, -0.15) is 0 Å². The van der Waals surface area contributed by atoms with Gasteiger partial charge in [0.2, 0.25) is 10.0 Å². The highest BCUT2D eigenvalue weighted by molar-refractivity contribution is 7.89. The van der Waals surface area contributed by atoms with E-state index in [-0.39, 0.29) is 17.9 Å². The van der Waals surface area contributed by atoms with E-state index in [9.17, 15) is 13.2 Å². The number of ether oxygens (including phenoxy) is 1. The first-order chi connectivity index (χ1) is 13.9. The third kappa shape index (κ3) is 5.46. The van der Waals surface area contributed by atoms with E-state index in [4.69, 9.17) is 4.74 Å². The number of para-hydroxylation sites is 2. The van der Waals surface area contributed by atoms with Gasteiger partial charge in [0.1, 0.15) is 5.75 Å². The fraction of sp³-hybridized carbons (Fsp3) is 0.318. The van der Waals surface area contributed by atoms with Crippen LogP contribution in [0.2, 0.25) is 0 Å². The summed E-state index contributed by atoms with van der Waals surface area (Å²) in [5, 5.41) is 0.885. The minimum Gasteiger partial charge on any atom is -0.496 e. The summed E-state index contributed by atoms with van der Waals surface area (Å²) in [6.45, 7) is 1.90. The largest absolute Gasteiger partial charge is 0.496 e. The molecule has 3 aromatic rings. The van der Waals surface area contributed by atoms with E-state index >= 15 is 0 Å². The summed E-state index contributed by atoms with van der Waals surface area (Å²) >= 11 is 0. The molecule has 0 aliphatic carbocycles. The third-order valence-electron chi connectivity index (χ3n) is 4.95. The fourth-order valence-corrected chi connectivity index (χ4v) is 4.44. The van der Waals surface area contributed by atoms with Gasteiger partial charge in [-0.15, -0.1) is 0 Å². The molecule has 0 fully saturated rings. The lowest BCUT2D eigenvalue weighted by atomic mass is 10.1. The van der Waals surface area contributed by atoms with Crippen molar-refractivity contribution in [2.24, 2.45) is 0 Å². The Labute approximate surface area is 171 Å². The molecule has 3 rings (SSSR count). The van der Waals surface area contributed by atoms with Crippen molar-refractivity contribution in [3.05, 3.63) is 75.6 Å². The molecule has 0 saturated heterocycles. The lowest BCUT2D eigenvalue weighted by Crippen LogP contribution is -2.29. The highest BCUT2D eigenvalue weighted by atomic mass is 32.2. The van der Waals surface area contributed by atoms with E-state index in [1.165, 1.54) is 0 Å². The maximum absolute atomic E-state index is 12.3. The maximum Gasteiger partial charge on any atom is 0.252 e. The van der Waals surface area contributed by atoms with Crippen LogP contribution in [0.15, 0.2) is 53.3 Å². The number of H-pyrrole nitrogens is 1. The molecule has 7 heteroatoms. The molecule has 29 heavy (non-hydrogen) atoms. The molecule has 0 amide bonds. The number of hydrogen-bond donors (Lipinski definition) is 2. The first kappa shape index (κ1) is 21.1. The first-order valence-corrected chi connectivity index (χ1v) is 11.3. The van der Waals surface area contributed by atoms with Gasteiger partial charge < -0.3 is 9.72 Å². The fourth-order valence-electron chi connectivity index (χ4n) is 3.34. The molecule has 6 nitrogen and oxygen atoms in total. The standard InChI is InChI=1S/C22H26N2O4S/c1-16-8-7-11-18-14-19(22(25)24-21(16)18)15-23-29(26,27)13-6-5-10-17-9-3-4-12-20(17)28-2/h3-4,7-9,11-12,14,23H,5-6,10,13,15H2,1-2H3,(H,24,25). The highest BCUT2D eigenvalue weighted by Gasteiger charge is 2.12. The molecule has 1 heterocycles. The molecule has 0 aliphatic rings. The third-order valence-corrected chi connectivity index (χ3v) is 6.36. The molecule has 154 valence electrons. The number of benzene rings is 2. The van der Waals surface area contributed by atoms with Gasteiger partial charge in [-0.05, 0) is 54.8 Å². The number of nitrogens with one attached hydrogen (secondary N) is 2. The zero-order chi connectivity index (χ0) is 20.9. The van der Waals surface area contributed by atoms with Crippen molar-refractivity contribution in [3.8, 4) is 5.75 Å². The van der Waals surface area contributed by atoms with Gasteiger partial charge in [0.15, 0.2) is 0 Å². The van der Waals surface area contributed by atoms with Crippen LogP contribution >= 0.6 is 0 Å². The van der Waals surface area contributed by atoms with Gasteiger partial charge in [-0.1, -0.05) is 36.4 Å². The number of pyridine rings is 1. The lowest BCUT2D eigenvalue weighted by Gasteiger charge is -2.09. The molecule has 2 aromatic carbocycles. The number of aromatic nitrogens is 1. The average Bonchev–Trinajstić information content (AvgIpc) is 2.71. The van der Waals surface area contributed by atoms with E-state index in [0.717, 1.165) is 40.6 Å². The number of aryl methyl sites for hydroxylation is 2. The second-order valence-corrected chi connectivity index (χ2v) is 9.00. The van der Waals surface area contributed by atoms with Crippen LogP contribution in [0.5, 0.6) is 5.75 Å². The predicted molar refractivity (Wildman–Crippen MR) is 116 cm³/mol. The number of hydrogen-bond acceptors (Lipinski definition) is 4. The smallest absolute Gasteiger partial charge is 0.252 e. The number of rotatable bonds is 9. The number of methoxy groups -OCH3 is 1. The number of sulfonamides is 1. The Morgan fingerprint density at radius 2 is 1.83 bits per heavy atom. The van der Waals surface area contributed by atoms with E-state index in [0.29, 0.717) is 12.0 Å². The topological polar surface area (TPSA) is 88.3 Å². The van der Waals surface area contributed by atoms with Crippen LogP contribution in [-0.4, -0.2) is 26.3 Å². The minimum atomic E-state index is -3.46. The highest BCUT2D eigenvalue weighted by Crippen LogP contribution is 2.19. The van der Waals surface area contributed by atoms with Crippen molar-refractivity contribution < 1.29 is 13.2 Å². The SMILES string of the molecule is COc1ccccc1CCCCS(=O)(=O)NCc1cc2cccc(C)c2[nH]c1=O. The lowest BCUT2D eigenvalue weighted by molar-refractivity contribution is 0.409. The first-order valence-electron chi connectivity index (χ1n) is 9.60. The molecule has 2 N–H and O–H groups in total. The quantitative estimate of drug-likeness (QED) is 0.526. The summed E-state index contributed by atoms with van der Waals surface area (Å²) in [5.74, 6) is 0.839. The summed E-state index contributed by atoms with van der Waals surface area (Å²) in [4.78, 5) is 15.1. The van der Waals surface area contributed by atoms with Crippen molar-refractivity contribution in [2.75, 3.05) is 12.9 Å². The van der Waals surface area contributed by atoms with Gasteiger partial charge in [0.25, 0.3) is 5.56 Å². The Morgan fingerprint density at radius 3 is 2.62 bits per heavy atom. The van der Waals surface area contributed by atoms with Crippen molar-refractivity contribution in [2.45, 2.75) is 32.7 Å². The Hall–Kier alpha value is -2.64. The zero-order valence-corrected chi connectivity index (χ0v) is 17.5. The molecule has 0 saturated carbocycles. The number of fused-ring (bicyclic) bond motifs is 1. The predicted octanol–water partition coefficient (Wildman–Crippen LogP) is 3.29. The van der Waals surface area contributed by atoms with Crippen LogP contribution in [-0.2, 0) is 23.0 Å². The van der Waals surface area contributed by atoms with Crippen LogP contribution in [0.3, 0.4) is 0 Å². The van der Waals surface area contributed by atoms with Crippen LogP contribution in [0, 0.1) is 6.92 Å². The molecular formula is C22H26N2O4S. The van der Waals surface area contributed by atoms with Gasteiger partial charge >= 0.3 is 0 Å². The normalized spacial score (nSPS) is 11.7. The van der Waals surface area contributed by atoms with Gasteiger partial charge in [0, 0.05) is 12.1 Å². The number of aromatic amines is 1. The average molecular weight is 415 g/mol. The Bertz CT molecular complexity index is 1150. The van der Waals surface area contributed by atoms with Crippen LogP contribution < -0.4 is 15.0 Å². The second kappa shape index (κ2) is 9.24. The second-order valence-electron chi connectivity index (χ2n) is 7.07. The molecule has 0 spiro atoms. The zero-order valence-electron chi connectivity index (χ0n) is 16.7. The van der Waals surface area contributed by atoms with Crippen molar-refractivity contribution in [1.29, 1.82) is 0 Å². The Kier molecular flexibility index (Phi) is 6.71. The van der Waals surface area contributed by atoms with Crippen LogP contribution in [0.4, 0.5) is 0 Å². The summed E-state index contributed by atoms with van der Waals surface area (Å²) in [6.07, 6.45) is 2.01. The van der Waals surface area contributed by atoms with Gasteiger partial charge in [0.05, 0.1) is 18.4 Å². The molecule has 0 unspecified atom stereocenters. The number of unbranched alkanes of at least 4 members (excludes halogenated alkanes) is 1. The monoisotopic (exact) mass is 414 g/mol. The summed E-state index contributed by atoms with van der Waals surface area (Å²) in [7, 11) is -1.83. The van der Waals surface area contributed by atoms with Crippen LogP contribution in [0.25, 0.3) is 10.9 Å². The van der Waals surface area contributed by atoms with Gasteiger partial charge in [-0.3, -0.25) is 4.79 Å². The van der Waals surface area contributed by atoms with E-state index in [2.05, 4.69) is 9.71 Å². The van der Waals surface area contributed by atoms with E-state index in [1.54, 1.807) is 13.2 Å². The van der Waals surface area contributed by atoms with Crippen LogP contribution in [0.1, 0.15) is 29.5 Å². The molecular weight excluding hydrogens is 388 g/mol. The maximum atomic E-state index is 12.3. The minimum absolute atomic E-state index is 0.0198. The molecule has 0 radical (unpaired) electrons. The van der Waals surface area contributed by atoms with E-state index in [1.807, 2.05) is 49.4 Å². The Balaban J connectivity index is 1.55.